The first-order valence-corrected chi connectivity index (χ1v) is 8.95. The van der Waals surface area contributed by atoms with Crippen LogP contribution in [0.25, 0.3) is 0 Å². The lowest BCUT2D eigenvalue weighted by Crippen LogP contribution is -2.43. The molecule has 0 unspecified atom stereocenters. The van der Waals surface area contributed by atoms with E-state index in [1.54, 1.807) is 12.3 Å². The van der Waals surface area contributed by atoms with Crippen LogP contribution >= 0.6 is 0 Å². The first-order valence-electron chi connectivity index (χ1n) is 8.95. The van der Waals surface area contributed by atoms with Crippen molar-refractivity contribution in [2.45, 2.75) is 12.8 Å². The largest absolute Gasteiger partial charge is 0.368 e. The molecule has 1 aromatic heterocycles. The summed E-state index contributed by atoms with van der Waals surface area (Å²) in [6.07, 6.45) is 2.52. The van der Waals surface area contributed by atoms with Crippen LogP contribution in [0.4, 0.5) is 21.6 Å². The molecule has 140 valence electrons. The molecule has 4 rings (SSSR count). The van der Waals surface area contributed by atoms with Gasteiger partial charge in [0.05, 0.1) is 17.4 Å². The average molecular weight is 369 g/mol. The number of anilines is 3. The average Bonchev–Trinajstić information content (AvgIpc) is 2.68. The number of aryl methyl sites for hydroxylation is 1. The second-order valence-electron chi connectivity index (χ2n) is 6.63. The molecule has 2 aliphatic heterocycles. The first kappa shape index (κ1) is 17.4. The Labute approximate surface area is 156 Å². The van der Waals surface area contributed by atoms with E-state index in [4.69, 9.17) is 0 Å². The molecule has 1 saturated heterocycles. The van der Waals surface area contributed by atoms with Gasteiger partial charge in [-0.15, -0.1) is 0 Å². The summed E-state index contributed by atoms with van der Waals surface area (Å²) in [5, 5.41) is 8.55. The van der Waals surface area contributed by atoms with Gasteiger partial charge in [-0.1, -0.05) is 0 Å². The van der Waals surface area contributed by atoms with Gasteiger partial charge in [-0.25, -0.2) is 9.37 Å². The number of nitrogens with zero attached hydrogens (tertiary/aromatic N) is 2. The van der Waals surface area contributed by atoms with E-state index >= 15 is 0 Å². The van der Waals surface area contributed by atoms with Gasteiger partial charge in [0.15, 0.2) is 0 Å². The monoisotopic (exact) mass is 369 g/mol. The van der Waals surface area contributed by atoms with Gasteiger partial charge in [0, 0.05) is 38.3 Å². The highest BCUT2D eigenvalue weighted by Crippen LogP contribution is 2.26. The van der Waals surface area contributed by atoms with E-state index in [0.29, 0.717) is 24.3 Å². The fourth-order valence-electron chi connectivity index (χ4n) is 3.33. The van der Waals surface area contributed by atoms with Crippen molar-refractivity contribution in [3.05, 3.63) is 47.4 Å². The molecule has 8 heteroatoms. The zero-order chi connectivity index (χ0) is 18.8. The standard InChI is InChI=1S/C19H20FN5O2/c20-15-10-16-12(1-4-18(26)23-16)9-14(15)19(27)24-17-3-2-13(11-22-17)25-7-5-21-6-8-25/h2-3,9-11,21H,1,4-8H2,(H,23,26)(H,22,24,27). The molecule has 27 heavy (non-hydrogen) atoms. The number of halogens is 1. The fourth-order valence-corrected chi connectivity index (χ4v) is 3.33. The summed E-state index contributed by atoms with van der Waals surface area (Å²) >= 11 is 0. The number of piperazine rings is 1. The molecule has 2 aliphatic rings. The van der Waals surface area contributed by atoms with Crippen molar-refractivity contribution in [3.8, 4) is 0 Å². The molecule has 1 fully saturated rings. The van der Waals surface area contributed by atoms with Crippen LogP contribution in [-0.2, 0) is 11.2 Å². The van der Waals surface area contributed by atoms with E-state index in [2.05, 4.69) is 25.8 Å². The van der Waals surface area contributed by atoms with Gasteiger partial charge in [-0.05, 0) is 36.2 Å². The van der Waals surface area contributed by atoms with E-state index in [9.17, 15) is 14.0 Å². The molecule has 0 spiro atoms. The van der Waals surface area contributed by atoms with Crippen molar-refractivity contribution in [3.63, 3.8) is 0 Å². The van der Waals surface area contributed by atoms with Crippen molar-refractivity contribution in [1.29, 1.82) is 0 Å². The molecule has 0 radical (unpaired) electrons. The lowest BCUT2D eigenvalue weighted by molar-refractivity contribution is -0.116. The second kappa shape index (κ2) is 7.32. The minimum absolute atomic E-state index is 0.0575. The summed E-state index contributed by atoms with van der Waals surface area (Å²) in [6, 6.07) is 6.30. The predicted octanol–water partition coefficient (Wildman–Crippen LogP) is 1.77. The quantitative estimate of drug-likeness (QED) is 0.768. The van der Waals surface area contributed by atoms with Crippen LogP contribution in [0.5, 0.6) is 0 Å². The number of hydrogen-bond donors (Lipinski definition) is 3. The molecular formula is C19H20FN5O2. The lowest BCUT2D eigenvalue weighted by atomic mass is 9.99. The number of fused-ring (bicyclic) bond motifs is 1. The Morgan fingerprint density at radius 1 is 1.19 bits per heavy atom. The van der Waals surface area contributed by atoms with Gasteiger partial charge in [0.25, 0.3) is 5.91 Å². The summed E-state index contributed by atoms with van der Waals surface area (Å²) in [6.45, 7) is 3.67. The van der Waals surface area contributed by atoms with E-state index in [0.717, 1.165) is 37.4 Å². The number of benzene rings is 1. The molecule has 0 aliphatic carbocycles. The summed E-state index contributed by atoms with van der Waals surface area (Å²) in [4.78, 5) is 30.4. The molecular weight excluding hydrogens is 349 g/mol. The third-order valence-corrected chi connectivity index (χ3v) is 4.80. The molecule has 2 aromatic rings. The lowest BCUT2D eigenvalue weighted by Gasteiger charge is -2.29. The summed E-state index contributed by atoms with van der Waals surface area (Å²) in [5.74, 6) is -1.02. The van der Waals surface area contributed by atoms with Gasteiger partial charge in [0.1, 0.15) is 11.6 Å². The van der Waals surface area contributed by atoms with E-state index in [1.165, 1.54) is 12.1 Å². The van der Waals surface area contributed by atoms with E-state index < -0.39 is 11.7 Å². The van der Waals surface area contributed by atoms with Gasteiger partial charge >= 0.3 is 0 Å². The fraction of sp³-hybridized carbons (Fsp3) is 0.316. The van der Waals surface area contributed by atoms with Crippen molar-refractivity contribution >= 4 is 29.0 Å². The smallest absolute Gasteiger partial charge is 0.259 e. The van der Waals surface area contributed by atoms with Crippen LogP contribution in [-0.4, -0.2) is 43.0 Å². The highest BCUT2D eigenvalue weighted by atomic mass is 19.1. The Hall–Kier alpha value is -3.00. The number of pyridine rings is 1. The Bertz CT molecular complexity index is 878. The number of nitrogens with one attached hydrogen (secondary N) is 3. The molecule has 0 saturated carbocycles. The molecule has 7 nitrogen and oxygen atoms in total. The van der Waals surface area contributed by atoms with Gasteiger partial charge < -0.3 is 20.9 Å². The Morgan fingerprint density at radius 2 is 2.00 bits per heavy atom. The maximum Gasteiger partial charge on any atom is 0.259 e. The Morgan fingerprint density at radius 3 is 2.74 bits per heavy atom. The summed E-state index contributed by atoms with van der Waals surface area (Å²) < 4.78 is 14.3. The normalized spacial score (nSPS) is 16.5. The number of carbonyl (C=O) groups excluding carboxylic acids is 2. The SMILES string of the molecule is O=C1CCc2cc(C(=O)Nc3ccc(N4CCNCC4)cn3)c(F)cc2N1. The highest BCUT2D eigenvalue weighted by molar-refractivity contribution is 6.05. The first-order chi connectivity index (χ1) is 13.1. The maximum absolute atomic E-state index is 14.3. The van der Waals surface area contributed by atoms with Crippen LogP contribution in [0.1, 0.15) is 22.3 Å². The minimum Gasteiger partial charge on any atom is -0.368 e. The number of rotatable bonds is 3. The van der Waals surface area contributed by atoms with E-state index in [-0.39, 0.29) is 11.5 Å². The summed E-state index contributed by atoms with van der Waals surface area (Å²) in [7, 11) is 0. The van der Waals surface area contributed by atoms with Crippen LogP contribution in [0.15, 0.2) is 30.5 Å². The Balaban J connectivity index is 1.48. The number of hydrogen-bond acceptors (Lipinski definition) is 5. The Kier molecular flexibility index (Phi) is 4.72. The van der Waals surface area contributed by atoms with Crippen LogP contribution in [0.2, 0.25) is 0 Å². The zero-order valence-electron chi connectivity index (χ0n) is 14.7. The van der Waals surface area contributed by atoms with Gasteiger partial charge in [0.2, 0.25) is 5.91 Å². The predicted molar refractivity (Wildman–Crippen MR) is 101 cm³/mol. The molecule has 3 heterocycles. The van der Waals surface area contributed by atoms with Gasteiger partial charge in [-0.2, -0.15) is 0 Å². The van der Waals surface area contributed by atoms with E-state index in [1.807, 2.05) is 6.07 Å². The van der Waals surface area contributed by atoms with Crippen molar-refractivity contribution < 1.29 is 14.0 Å². The highest BCUT2D eigenvalue weighted by Gasteiger charge is 2.21. The molecule has 0 bridgehead atoms. The molecule has 1 aromatic carbocycles. The second-order valence-corrected chi connectivity index (χ2v) is 6.63. The summed E-state index contributed by atoms with van der Waals surface area (Å²) in [5.41, 5.74) is 2.12. The van der Waals surface area contributed by atoms with Crippen molar-refractivity contribution in [2.75, 3.05) is 41.7 Å². The van der Waals surface area contributed by atoms with Gasteiger partial charge in [-0.3, -0.25) is 9.59 Å². The van der Waals surface area contributed by atoms with Crippen LogP contribution < -0.4 is 20.9 Å². The third-order valence-electron chi connectivity index (χ3n) is 4.80. The minimum atomic E-state index is -0.675. The van der Waals surface area contributed by atoms with Crippen LogP contribution in [0, 0.1) is 5.82 Å². The molecule has 3 N–H and O–H groups in total. The third kappa shape index (κ3) is 3.75. The number of amides is 2. The topological polar surface area (TPSA) is 86.4 Å². The maximum atomic E-state index is 14.3. The van der Waals surface area contributed by atoms with Crippen molar-refractivity contribution in [2.24, 2.45) is 0 Å². The number of aromatic nitrogens is 1. The molecule has 2 amide bonds. The zero-order valence-corrected chi connectivity index (χ0v) is 14.7. The van der Waals surface area contributed by atoms with Crippen LogP contribution in [0.3, 0.4) is 0 Å². The van der Waals surface area contributed by atoms with Crippen molar-refractivity contribution in [1.82, 2.24) is 10.3 Å². The number of carbonyl (C=O) groups is 2. The molecule has 0 atom stereocenters.